The van der Waals surface area contributed by atoms with Gasteiger partial charge in [0.25, 0.3) is 0 Å². The molecule has 23 heavy (non-hydrogen) atoms. The van der Waals surface area contributed by atoms with E-state index in [-0.39, 0.29) is 17.5 Å². The summed E-state index contributed by atoms with van der Waals surface area (Å²) in [7, 11) is 0. The van der Waals surface area contributed by atoms with Gasteiger partial charge in [0.2, 0.25) is 0 Å². The molecular formula is C17H27FN4O. The molecule has 1 aliphatic rings. The van der Waals surface area contributed by atoms with Crippen LogP contribution in [0.1, 0.15) is 39.2 Å². The molecule has 0 aliphatic carbocycles. The van der Waals surface area contributed by atoms with Gasteiger partial charge in [-0.25, -0.2) is 9.38 Å². The zero-order valence-corrected chi connectivity index (χ0v) is 14.1. The molecule has 0 radical (unpaired) electrons. The standard InChI is InChI=1S/C17H27FN4O/c1-17(2,3)21-16(19)20-11-12-4-5-15(14(18)10-12)22-8-6-13(23)7-9-22/h4-5,10,13,23H,6-9,11H2,1-3H3,(H3,19,20,21). The number of anilines is 1. The molecule has 1 fully saturated rings. The quantitative estimate of drug-likeness (QED) is 0.588. The van der Waals surface area contributed by atoms with Crippen molar-refractivity contribution >= 4 is 11.6 Å². The fraction of sp³-hybridized carbons (Fsp3) is 0.588. The van der Waals surface area contributed by atoms with Crippen molar-refractivity contribution in [2.24, 2.45) is 10.7 Å². The predicted octanol–water partition coefficient (Wildman–Crippen LogP) is 1.99. The van der Waals surface area contributed by atoms with E-state index < -0.39 is 0 Å². The van der Waals surface area contributed by atoms with Gasteiger partial charge in [-0.2, -0.15) is 0 Å². The molecule has 2 rings (SSSR count). The lowest BCUT2D eigenvalue weighted by molar-refractivity contribution is 0.145. The van der Waals surface area contributed by atoms with Gasteiger partial charge in [0.05, 0.1) is 18.3 Å². The van der Waals surface area contributed by atoms with E-state index in [0.29, 0.717) is 44.1 Å². The Bertz CT molecular complexity index is 560. The molecule has 1 aliphatic heterocycles. The number of guanidine groups is 1. The summed E-state index contributed by atoms with van der Waals surface area (Å²) in [5.74, 6) is 0.100. The highest BCUT2D eigenvalue weighted by molar-refractivity contribution is 5.78. The van der Waals surface area contributed by atoms with Gasteiger partial charge in [0.1, 0.15) is 5.82 Å². The Morgan fingerprint density at radius 2 is 2.04 bits per heavy atom. The van der Waals surface area contributed by atoms with Crippen molar-refractivity contribution in [3.63, 3.8) is 0 Å². The minimum atomic E-state index is -0.263. The zero-order valence-electron chi connectivity index (χ0n) is 14.1. The fourth-order valence-corrected chi connectivity index (χ4v) is 2.61. The summed E-state index contributed by atoms with van der Waals surface area (Å²) in [6.07, 6.45) is 1.10. The SMILES string of the molecule is CC(C)(C)NC(N)=NCc1ccc(N2CCC(O)CC2)c(F)c1. The number of benzene rings is 1. The number of hydrogen-bond acceptors (Lipinski definition) is 3. The van der Waals surface area contributed by atoms with Crippen LogP contribution in [0.15, 0.2) is 23.2 Å². The van der Waals surface area contributed by atoms with Gasteiger partial charge >= 0.3 is 0 Å². The summed E-state index contributed by atoms with van der Waals surface area (Å²) in [5.41, 5.74) is 7.04. The van der Waals surface area contributed by atoms with Crippen molar-refractivity contribution < 1.29 is 9.50 Å². The number of nitrogens with two attached hydrogens (primary N) is 1. The van der Waals surface area contributed by atoms with E-state index in [2.05, 4.69) is 10.3 Å². The Balaban J connectivity index is 2.00. The molecule has 0 bridgehead atoms. The minimum Gasteiger partial charge on any atom is -0.393 e. The third kappa shape index (κ3) is 5.39. The highest BCUT2D eigenvalue weighted by Crippen LogP contribution is 2.24. The molecule has 0 spiro atoms. The van der Waals surface area contributed by atoms with Crippen LogP contribution in [0.3, 0.4) is 0 Å². The van der Waals surface area contributed by atoms with E-state index >= 15 is 0 Å². The summed E-state index contributed by atoms with van der Waals surface area (Å²) >= 11 is 0. The second-order valence-corrected chi connectivity index (χ2v) is 7.08. The number of nitrogens with one attached hydrogen (secondary N) is 1. The van der Waals surface area contributed by atoms with Gasteiger partial charge in [0.15, 0.2) is 5.96 Å². The van der Waals surface area contributed by atoms with Crippen LogP contribution in [-0.4, -0.2) is 35.8 Å². The minimum absolute atomic E-state index is 0.151. The smallest absolute Gasteiger partial charge is 0.189 e. The second kappa shape index (κ2) is 7.17. The zero-order chi connectivity index (χ0) is 17.0. The van der Waals surface area contributed by atoms with Crippen molar-refractivity contribution in [1.82, 2.24) is 5.32 Å². The molecule has 4 N–H and O–H groups in total. The van der Waals surface area contributed by atoms with Gasteiger partial charge in [-0.15, -0.1) is 0 Å². The Hall–Kier alpha value is -1.82. The molecule has 0 aromatic heterocycles. The van der Waals surface area contributed by atoms with E-state index in [4.69, 9.17) is 5.73 Å². The molecule has 0 atom stereocenters. The Kier molecular flexibility index (Phi) is 5.46. The molecule has 0 saturated carbocycles. The number of aliphatic imine (C=N–C) groups is 1. The molecule has 0 amide bonds. The lowest BCUT2D eigenvalue weighted by atomic mass is 10.1. The topological polar surface area (TPSA) is 73.9 Å². The van der Waals surface area contributed by atoms with Crippen LogP contribution in [0.2, 0.25) is 0 Å². The lowest BCUT2D eigenvalue weighted by Gasteiger charge is -2.31. The summed E-state index contributed by atoms with van der Waals surface area (Å²) in [6.45, 7) is 7.69. The number of nitrogens with zero attached hydrogens (tertiary/aromatic N) is 2. The third-order valence-electron chi connectivity index (χ3n) is 3.75. The fourth-order valence-electron chi connectivity index (χ4n) is 2.61. The Morgan fingerprint density at radius 3 is 2.61 bits per heavy atom. The van der Waals surface area contributed by atoms with Crippen molar-refractivity contribution in [1.29, 1.82) is 0 Å². The second-order valence-electron chi connectivity index (χ2n) is 7.08. The average molecular weight is 322 g/mol. The highest BCUT2D eigenvalue weighted by atomic mass is 19.1. The van der Waals surface area contributed by atoms with Gasteiger partial charge < -0.3 is 21.1 Å². The maximum atomic E-state index is 14.3. The third-order valence-corrected chi connectivity index (χ3v) is 3.75. The van der Waals surface area contributed by atoms with Crippen molar-refractivity contribution in [2.75, 3.05) is 18.0 Å². The van der Waals surface area contributed by atoms with E-state index in [0.717, 1.165) is 5.56 Å². The lowest BCUT2D eigenvalue weighted by Crippen LogP contribution is -2.44. The molecule has 0 unspecified atom stereocenters. The number of halogens is 1. The monoisotopic (exact) mass is 322 g/mol. The molecule has 6 heteroatoms. The molecule has 128 valence electrons. The van der Waals surface area contributed by atoms with E-state index in [1.807, 2.05) is 31.7 Å². The Morgan fingerprint density at radius 1 is 1.39 bits per heavy atom. The number of piperidine rings is 1. The van der Waals surface area contributed by atoms with E-state index in [1.165, 1.54) is 6.07 Å². The maximum Gasteiger partial charge on any atom is 0.189 e. The normalized spacial score (nSPS) is 17.4. The Labute approximate surface area is 137 Å². The molecule has 1 heterocycles. The van der Waals surface area contributed by atoms with Crippen LogP contribution in [-0.2, 0) is 6.54 Å². The van der Waals surface area contributed by atoms with Gasteiger partial charge in [-0.05, 0) is 51.3 Å². The summed E-state index contributed by atoms with van der Waals surface area (Å²) < 4.78 is 14.3. The van der Waals surface area contributed by atoms with E-state index in [1.54, 1.807) is 6.07 Å². The molecule has 1 aromatic rings. The first-order chi connectivity index (χ1) is 10.7. The summed E-state index contributed by atoms with van der Waals surface area (Å²) in [4.78, 5) is 6.22. The number of aliphatic hydroxyl groups excluding tert-OH is 1. The summed E-state index contributed by atoms with van der Waals surface area (Å²) in [5, 5.41) is 12.6. The van der Waals surface area contributed by atoms with E-state index in [9.17, 15) is 9.50 Å². The summed E-state index contributed by atoms with van der Waals surface area (Å²) in [6, 6.07) is 5.16. The number of hydrogen-bond donors (Lipinski definition) is 3. The number of rotatable bonds is 3. The van der Waals surface area contributed by atoms with Crippen LogP contribution < -0.4 is 16.0 Å². The van der Waals surface area contributed by atoms with Crippen molar-refractivity contribution in [3.8, 4) is 0 Å². The number of aliphatic hydroxyl groups is 1. The molecular weight excluding hydrogens is 295 g/mol. The largest absolute Gasteiger partial charge is 0.393 e. The van der Waals surface area contributed by atoms with Crippen LogP contribution in [0.25, 0.3) is 0 Å². The predicted molar refractivity (Wildman–Crippen MR) is 92.1 cm³/mol. The van der Waals surface area contributed by atoms with Gasteiger partial charge in [0, 0.05) is 18.6 Å². The first-order valence-corrected chi connectivity index (χ1v) is 8.04. The maximum absolute atomic E-state index is 14.3. The van der Waals surface area contributed by atoms with Crippen LogP contribution in [0.4, 0.5) is 10.1 Å². The highest BCUT2D eigenvalue weighted by Gasteiger charge is 2.19. The van der Waals surface area contributed by atoms with Crippen molar-refractivity contribution in [2.45, 2.75) is 51.8 Å². The van der Waals surface area contributed by atoms with Crippen LogP contribution in [0.5, 0.6) is 0 Å². The molecule has 1 saturated heterocycles. The van der Waals surface area contributed by atoms with Crippen LogP contribution in [0, 0.1) is 5.82 Å². The van der Waals surface area contributed by atoms with Gasteiger partial charge in [-0.1, -0.05) is 6.07 Å². The molecule has 5 nitrogen and oxygen atoms in total. The van der Waals surface area contributed by atoms with Crippen molar-refractivity contribution in [3.05, 3.63) is 29.6 Å². The first kappa shape index (κ1) is 17.5. The first-order valence-electron chi connectivity index (χ1n) is 8.04. The van der Waals surface area contributed by atoms with Crippen LogP contribution >= 0.6 is 0 Å². The average Bonchev–Trinajstić information content (AvgIpc) is 2.45. The molecule has 1 aromatic carbocycles. The van der Waals surface area contributed by atoms with Gasteiger partial charge in [-0.3, -0.25) is 0 Å².